The van der Waals surface area contributed by atoms with Crippen LogP contribution in [0, 0.1) is 6.92 Å². The Hall–Kier alpha value is -3.16. The highest BCUT2D eigenvalue weighted by molar-refractivity contribution is 5.93. The summed E-state index contributed by atoms with van der Waals surface area (Å²) in [5, 5.41) is 13.7. The topological polar surface area (TPSA) is 97.9 Å². The van der Waals surface area contributed by atoms with Gasteiger partial charge in [0.2, 0.25) is 11.7 Å². The number of hydrogen-bond acceptors (Lipinski definition) is 5. The monoisotopic (exact) mass is 326 g/mol. The number of hydrogen-bond donors (Lipinski definition) is 2. The maximum absolute atomic E-state index is 12.3. The standard InChI is InChI=1S/C16H18N6O2/c1-10(12-8-17-22(3)9-12)18-16(23)20-14-7-5-4-6-13(14)15-19-11(2)24-21-15/h4-10H,1-3H3,(H2,18,20,23)/t10-/m0/s1. The Morgan fingerprint density at radius 2 is 2.12 bits per heavy atom. The molecular weight excluding hydrogens is 308 g/mol. The lowest BCUT2D eigenvalue weighted by atomic mass is 10.1. The van der Waals surface area contributed by atoms with E-state index in [1.54, 1.807) is 23.9 Å². The number of aryl methyl sites for hydroxylation is 2. The SMILES string of the molecule is Cc1nc(-c2ccccc2NC(=O)N[C@@H](C)c2cnn(C)c2)no1. The fourth-order valence-corrected chi connectivity index (χ4v) is 2.30. The third kappa shape index (κ3) is 3.43. The van der Waals surface area contributed by atoms with Crippen LogP contribution in [-0.2, 0) is 7.05 Å². The lowest BCUT2D eigenvalue weighted by Crippen LogP contribution is -2.31. The van der Waals surface area contributed by atoms with Crippen molar-refractivity contribution in [3.8, 4) is 11.4 Å². The summed E-state index contributed by atoms with van der Waals surface area (Å²) in [6, 6.07) is 6.80. The van der Waals surface area contributed by atoms with Crippen molar-refractivity contribution in [2.24, 2.45) is 7.05 Å². The summed E-state index contributed by atoms with van der Waals surface area (Å²) in [5.74, 6) is 0.901. The first-order chi connectivity index (χ1) is 11.5. The molecule has 2 amide bonds. The first-order valence-electron chi connectivity index (χ1n) is 7.48. The number of urea groups is 1. The summed E-state index contributed by atoms with van der Waals surface area (Å²) >= 11 is 0. The number of carbonyl (C=O) groups is 1. The van der Waals surface area contributed by atoms with Gasteiger partial charge in [-0.15, -0.1) is 0 Å². The Labute approximate surface area is 138 Å². The minimum atomic E-state index is -0.320. The van der Waals surface area contributed by atoms with Gasteiger partial charge >= 0.3 is 6.03 Å². The van der Waals surface area contributed by atoms with E-state index in [-0.39, 0.29) is 12.1 Å². The molecule has 24 heavy (non-hydrogen) atoms. The molecule has 3 rings (SSSR count). The summed E-state index contributed by atoms with van der Waals surface area (Å²) in [4.78, 5) is 16.5. The van der Waals surface area contributed by atoms with Crippen molar-refractivity contribution < 1.29 is 9.32 Å². The number of anilines is 1. The minimum absolute atomic E-state index is 0.168. The molecule has 0 radical (unpaired) electrons. The summed E-state index contributed by atoms with van der Waals surface area (Å²) < 4.78 is 6.70. The largest absolute Gasteiger partial charge is 0.339 e. The second kappa shape index (κ2) is 6.53. The zero-order valence-corrected chi connectivity index (χ0v) is 13.6. The molecule has 0 spiro atoms. The number of nitrogens with one attached hydrogen (secondary N) is 2. The quantitative estimate of drug-likeness (QED) is 0.768. The average molecular weight is 326 g/mol. The average Bonchev–Trinajstić information content (AvgIpc) is 3.16. The molecule has 0 aliphatic rings. The Bertz CT molecular complexity index is 854. The number of rotatable bonds is 4. The summed E-state index contributed by atoms with van der Waals surface area (Å²) in [5.41, 5.74) is 2.22. The first kappa shape index (κ1) is 15.7. The van der Waals surface area contributed by atoms with Crippen molar-refractivity contribution in [3.05, 3.63) is 48.1 Å². The molecule has 0 aliphatic carbocycles. The van der Waals surface area contributed by atoms with E-state index in [0.29, 0.717) is 23.0 Å². The molecule has 0 unspecified atom stereocenters. The van der Waals surface area contributed by atoms with E-state index in [1.165, 1.54) is 0 Å². The lowest BCUT2D eigenvalue weighted by Gasteiger charge is -2.14. The van der Waals surface area contributed by atoms with Gasteiger partial charge in [0.1, 0.15) is 0 Å². The molecule has 0 fully saturated rings. The predicted molar refractivity (Wildman–Crippen MR) is 88.2 cm³/mol. The molecule has 2 N–H and O–H groups in total. The van der Waals surface area contributed by atoms with Crippen LogP contribution < -0.4 is 10.6 Å². The van der Waals surface area contributed by atoms with Gasteiger partial charge in [0, 0.05) is 31.3 Å². The van der Waals surface area contributed by atoms with Crippen LogP contribution in [0.25, 0.3) is 11.4 Å². The van der Waals surface area contributed by atoms with Gasteiger partial charge in [0.05, 0.1) is 17.9 Å². The maximum atomic E-state index is 12.3. The van der Waals surface area contributed by atoms with Crippen molar-refractivity contribution in [1.29, 1.82) is 0 Å². The fourth-order valence-electron chi connectivity index (χ4n) is 2.30. The third-order valence-corrected chi connectivity index (χ3v) is 3.52. The predicted octanol–water partition coefficient (Wildman–Crippen LogP) is 2.66. The second-order valence-electron chi connectivity index (χ2n) is 5.45. The van der Waals surface area contributed by atoms with Gasteiger partial charge in [-0.2, -0.15) is 10.1 Å². The van der Waals surface area contributed by atoms with Crippen molar-refractivity contribution in [2.45, 2.75) is 19.9 Å². The lowest BCUT2D eigenvalue weighted by molar-refractivity contribution is 0.249. The van der Waals surface area contributed by atoms with Crippen LogP contribution in [0.4, 0.5) is 10.5 Å². The number of benzene rings is 1. The van der Waals surface area contributed by atoms with Crippen LogP contribution in [0.5, 0.6) is 0 Å². The van der Waals surface area contributed by atoms with Gasteiger partial charge in [-0.3, -0.25) is 4.68 Å². The van der Waals surface area contributed by atoms with Gasteiger partial charge in [0.15, 0.2) is 0 Å². The van der Waals surface area contributed by atoms with E-state index >= 15 is 0 Å². The molecule has 0 saturated heterocycles. The maximum Gasteiger partial charge on any atom is 0.319 e. The molecule has 2 heterocycles. The van der Waals surface area contributed by atoms with Crippen LogP contribution in [0.3, 0.4) is 0 Å². The van der Waals surface area contributed by atoms with Gasteiger partial charge < -0.3 is 15.2 Å². The van der Waals surface area contributed by atoms with Crippen LogP contribution in [0.1, 0.15) is 24.4 Å². The Morgan fingerprint density at radius 3 is 2.79 bits per heavy atom. The second-order valence-corrected chi connectivity index (χ2v) is 5.45. The molecule has 2 aromatic heterocycles. The number of para-hydroxylation sites is 1. The molecule has 8 heteroatoms. The Morgan fingerprint density at radius 1 is 1.33 bits per heavy atom. The van der Waals surface area contributed by atoms with Gasteiger partial charge in [-0.25, -0.2) is 4.79 Å². The molecule has 124 valence electrons. The van der Waals surface area contributed by atoms with E-state index in [0.717, 1.165) is 5.56 Å². The fraction of sp³-hybridized carbons (Fsp3) is 0.250. The third-order valence-electron chi connectivity index (χ3n) is 3.52. The van der Waals surface area contributed by atoms with E-state index < -0.39 is 0 Å². The first-order valence-corrected chi connectivity index (χ1v) is 7.48. The summed E-state index contributed by atoms with van der Waals surface area (Å²) in [6.07, 6.45) is 3.59. The highest BCUT2D eigenvalue weighted by Crippen LogP contribution is 2.25. The van der Waals surface area contributed by atoms with Crippen LogP contribution in [0.2, 0.25) is 0 Å². The molecule has 3 aromatic rings. The van der Waals surface area contributed by atoms with Crippen LogP contribution >= 0.6 is 0 Å². The number of amides is 2. The van der Waals surface area contributed by atoms with E-state index in [2.05, 4.69) is 25.9 Å². The van der Waals surface area contributed by atoms with Gasteiger partial charge in [-0.05, 0) is 19.1 Å². The smallest absolute Gasteiger partial charge is 0.319 e. The molecule has 1 aromatic carbocycles. The summed E-state index contributed by atoms with van der Waals surface area (Å²) in [7, 11) is 1.83. The van der Waals surface area contributed by atoms with Crippen molar-refractivity contribution >= 4 is 11.7 Å². The highest BCUT2D eigenvalue weighted by atomic mass is 16.5. The van der Waals surface area contributed by atoms with Crippen molar-refractivity contribution in [3.63, 3.8) is 0 Å². The number of aromatic nitrogens is 4. The van der Waals surface area contributed by atoms with E-state index in [1.807, 2.05) is 38.4 Å². The molecule has 0 aliphatic heterocycles. The highest BCUT2D eigenvalue weighted by Gasteiger charge is 2.15. The summed E-state index contributed by atoms with van der Waals surface area (Å²) in [6.45, 7) is 3.61. The minimum Gasteiger partial charge on any atom is -0.339 e. The van der Waals surface area contributed by atoms with Crippen molar-refractivity contribution in [1.82, 2.24) is 25.2 Å². The Balaban J connectivity index is 1.73. The zero-order chi connectivity index (χ0) is 17.1. The van der Waals surface area contributed by atoms with Gasteiger partial charge in [0.25, 0.3) is 0 Å². The Kier molecular flexibility index (Phi) is 4.28. The van der Waals surface area contributed by atoms with Crippen LogP contribution in [0.15, 0.2) is 41.2 Å². The number of carbonyl (C=O) groups excluding carboxylic acids is 1. The normalized spacial score (nSPS) is 12.0. The molecule has 1 atom stereocenters. The molecule has 8 nitrogen and oxygen atoms in total. The van der Waals surface area contributed by atoms with Crippen LogP contribution in [-0.4, -0.2) is 26.0 Å². The molecule has 0 bridgehead atoms. The molecule has 0 saturated carbocycles. The van der Waals surface area contributed by atoms with E-state index in [4.69, 9.17) is 4.52 Å². The van der Waals surface area contributed by atoms with Gasteiger partial charge in [-0.1, -0.05) is 17.3 Å². The molecular formula is C16H18N6O2. The van der Waals surface area contributed by atoms with E-state index in [9.17, 15) is 4.79 Å². The van der Waals surface area contributed by atoms with Crippen molar-refractivity contribution in [2.75, 3.05) is 5.32 Å². The number of nitrogens with zero attached hydrogens (tertiary/aromatic N) is 4. The zero-order valence-electron chi connectivity index (χ0n) is 13.6.